The highest BCUT2D eigenvalue weighted by molar-refractivity contribution is 8.00. The average Bonchev–Trinajstić information content (AvgIpc) is 2.97. The van der Waals surface area contributed by atoms with E-state index in [0.717, 1.165) is 11.1 Å². The maximum absolute atomic E-state index is 12.4. The molecule has 0 spiro atoms. The van der Waals surface area contributed by atoms with E-state index in [9.17, 15) is 18.0 Å². The maximum Gasteiger partial charge on any atom is 0.446 e. The molecule has 136 valence electrons. The van der Waals surface area contributed by atoms with Crippen LogP contribution in [0, 0.1) is 0 Å². The summed E-state index contributed by atoms with van der Waals surface area (Å²) in [6.45, 7) is 0. The van der Waals surface area contributed by atoms with Crippen LogP contribution in [0.4, 0.5) is 13.2 Å². The number of aryl methyl sites for hydroxylation is 2. The number of thioether (sulfide) groups is 1. The molecule has 0 bridgehead atoms. The van der Waals surface area contributed by atoms with Crippen LogP contribution in [0.25, 0.3) is 11.0 Å². The lowest BCUT2D eigenvalue weighted by molar-refractivity contribution is -0.0328. The fraction of sp³-hybridized carbons (Fsp3) is 0.167. The molecule has 0 amide bonds. The summed E-state index contributed by atoms with van der Waals surface area (Å²) in [5.74, 6) is -1.25. The summed E-state index contributed by atoms with van der Waals surface area (Å²) in [5.41, 5.74) is -2.16. The number of rotatable bonds is 5. The van der Waals surface area contributed by atoms with Gasteiger partial charge in [-0.3, -0.25) is 0 Å². The van der Waals surface area contributed by atoms with E-state index >= 15 is 0 Å². The second-order valence-electron chi connectivity index (χ2n) is 5.60. The maximum atomic E-state index is 12.4. The van der Waals surface area contributed by atoms with E-state index in [2.05, 4.69) is 0 Å². The summed E-state index contributed by atoms with van der Waals surface area (Å²) in [5, 5.41) is 9.71. The van der Waals surface area contributed by atoms with Crippen molar-refractivity contribution >= 4 is 40.3 Å². The number of alkyl halides is 3. The Balaban J connectivity index is 1.71. The molecule has 0 radical (unpaired) electrons. The number of furan rings is 1. The van der Waals surface area contributed by atoms with Gasteiger partial charge in [0.05, 0.1) is 5.02 Å². The van der Waals surface area contributed by atoms with Crippen molar-refractivity contribution in [3.8, 4) is 0 Å². The van der Waals surface area contributed by atoms with Crippen LogP contribution in [0.3, 0.4) is 0 Å². The van der Waals surface area contributed by atoms with Crippen molar-refractivity contribution in [3.05, 3.63) is 64.4 Å². The van der Waals surface area contributed by atoms with Crippen molar-refractivity contribution in [2.45, 2.75) is 23.2 Å². The Morgan fingerprint density at radius 1 is 1.08 bits per heavy atom. The fourth-order valence-electron chi connectivity index (χ4n) is 2.53. The van der Waals surface area contributed by atoms with Gasteiger partial charge in [0.1, 0.15) is 5.58 Å². The SMILES string of the molecule is O=C(O)c1cc2ccc(CCc3ccc(SC(F)(F)F)c(Cl)c3)cc2o1. The number of fused-ring (bicyclic) bond motifs is 1. The lowest BCUT2D eigenvalue weighted by atomic mass is 10.0. The Labute approximate surface area is 155 Å². The molecule has 0 atom stereocenters. The van der Waals surface area contributed by atoms with Gasteiger partial charge in [-0.25, -0.2) is 4.79 Å². The lowest BCUT2D eigenvalue weighted by Crippen LogP contribution is -1.99. The number of carboxylic acids is 1. The topological polar surface area (TPSA) is 50.4 Å². The molecule has 1 aromatic heterocycles. The van der Waals surface area contributed by atoms with E-state index in [0.29, 0.717) is 23.8 Å². The molecule has 3 nitrogen and oxygen atoms in total. The fourth-order valence-corrected chi connectivity index (χ4v) is 3.39. The van der Waals surface area contributed by atoms with Crippen molar-refractivity contribution < 1.29 is 27.5 Å². The Bertz CT molecular complexity index is 966. The van der Waals surface area contributed by atoms with E-state index in [1.807, 2.05) is 6.07 Å². The summed E-state index contributed by atoms with van der Waals surface area (Å²) in [4.78, 5) is 10.9. The van der Waals surface area contributed by atoms with Crippen LogP contribution >= 0.6 is 23.4 Å². The second-order valence-corrected chi connectivity index (χ2v) is 7.11. The van der Waals surface area contributed by atoms with Crippen molar-refractivity contribution in [2.24, 2.45) is 0 Å². The minimum Gasteiger partial charge on any atom is -0.475 e. The lowest BCUT2D eigenvalue weighted by Gasteiger charge is -2.09. The third kappa shape index (κ3) is 4.53. The summed E-state index contributed by atoms with van der Waals surface area (Å²) in [6, 6.07) is 11.4. The van der Waals surface area contributed by atoms with Crippen LogP contribution in [0.2, 0.25) is 5.02 Å². The first-order valence-corrected chi connectivity index (χ1v) is 8.71. The van der Waals surface area contributed by atoms with Crippen LogP contribution in [-0.4, -0.2) is 16.6 Å². The number of aromatic carboxylic acids is 1. The third-order valence-electron chi connectivity index (χ3n) is 3.72. The molecule has 1 N–H and O–H groups in total. The first-order valence-electron chi connectivity index (χ1n) is 7.51. The molecular weight excluding hydrogens is 389 g/mol. The molecular formula is C18H12ClF3O3S. The number of carbonyl (C=O) groups is 1. The number of hydrogen-bond donors (Lipinski definition) is 1. The van der Waals surface area contributed by atoms with Gasteiger partial charge in [0.2, 0.25) is 5.76 Å². The first kappa shape index (κ1) is 18.7. The Kier molecular flexibility index (Phi) is 5.20. The van der Waals surface area contributed by atoms with Crippen LogP contribution in [0.5, 0.6) is 0 Å². The van der Waals surface area contributed by atoms with Gasteiger partial charge >= 0.3 is 11.5 Å². The first-order chi connectivity index (χ1) is 12.2. The van der Waals surface area contributed by atoms with Gasteiger partial charge < -0.3 is 9.52 Å². The van der Waals surface area contributed by atoms with Gasteiger partial charge in [0.15, 0.2) is 0 Å². The molecule has 0 aliphatic rings. The van der Waals surface area contributed by atoms with E-state index < -0.39 is 11.5 Å². The van der Waals surface area contributed by atoms with Gasteiger partial charge in [-0.1, -0.05) is 29.8 Å². The largest absolute Gasteiger partial charge is 0.475 e. The predicted octanol–water partition coefficient (Wildman–Crippen LogP) is 6.18. The summed E-state index contributed by atoms with van der Waals surface area (Å²) in [7, 11) is 0. The number of benzene rings is 2. The Hall–Kier alpha value is -2.12. The zero-order valence-corrected chi connectivity index (χ0v) is 14.7. The van der Waals surface area contributed by atoms with E-state index in [1.165, 1.54) is 18.2 Å². The molecule has 0 fully saturated rings. The van der Waals surface area contributed by atoms with Gasteiger partial charge in [-0.05, 0) is 60.0 Å². The molecule has 3 aromatic rings. The molecule has 0 aliphatic carbocycles. The molecule has 3 rings (SSSR count). The van der Waals surface area contributed by atoms with Crippen molar-refractivity contribution in [3.63, 3.8) is 0 Å². The van der Waals surface area contributed by atoms with Crippen LogP contribution in [-0.2, 0) is 12.8 Å². The quantitative estimate of drug-likeness (QED) is 0.519. The van der Waals surface area contributed by atoms with Crippen molar-refractivity contribution in [1.29, 1.82) is 0 Å². The predicted molar refractivity (Wildman–Crippen MR) is 93.9 cm³/mol. The molecule has 0 saturated heterocycles. The highest BCUT2D eigenvalue weighted by Crippen LogP contribution is 2.40. The van der Waals surface area contributed by atoms with Crippen molar-refractivity contribution in [1.82, 2.24) is 0 Å². The molecule has 1 heterocycles. The summed E-state index contributed by atoms with van der Waals surface area (Å²) >= 11 is 5.70. The normalized spacial score (nSPS) is 11.8. The van der Waals surface area contributed by atoms with Gasteiger partial charge in [0, 0.05) is 10.3 Å². The van der Waals surface area contributed by atoms with Gasteiger partial charge in [-0.15, -0.1) is 0 Å². The zero-order chi connectivity index (χ0) is 18.9. The van der Waals surface area contributed by atoms with E-state index in [-0.39, 0.29) is 27.4 Å². The van der Waals surface area contributed by atoms with E-state index in [4.69, 9.17) is 21.1 Å². The molecule has 26 heavy (non-hydrogen) atoms. The average molecular weight is 401 g/mol. The molecule has 2 aromatic carbocycles. The van der Waals surface area contributed by atoms with Crippen molar-refractivity contribution in [2.75, 3.05) is 0 Å². The van der Waals surface area contributed by atoms with Crippen LogP contribution in [0.15, 0.2) is 51.8 Å². The second kappa shape index (κ2) is 7.25. The number of hydrogen-bond acceptors (Lipinski definition) is 3. The Morgan fingerprint density at radius 3 is 2.35 bits per heavy atom. The molecule has 0 aliphatic heterocycles. The van der Waals surface area contributed by atoms with E-state index in [1.54, 1.807) is 18.2 Å². The zero-order valence-electron chi connectivity index (χ0n) is 13.1. The molecule has 8 heteroatoms. The number of halogens is 4. The third-order valence-corrected chi connectivity index (χ3v) is 4.95. The summed E-state index contributed by atoms with van der Waals surface area (Å²) < 4.78 is 42.6. The molecule has 0 unspecified atom stereocenters. The Morgan fingerprint density at radius 2 is 1.73 bits per heavy atom. The highest BCUT2D eigenvalue weighted by atomic mass is 35.5. The smallest absolute Gasteiger partial charge is 0.446 e. The monoisotopic (exact) mass is 400 g/mol. The van der Waals surface area contributed by atoms with Gasteiger partial charge in [0.25, 0.3) is 0 Å². The van der Waals surface area contributed by atoms with Gasteiger partial charge in [-0.2, -0.15) is 13.2 Å². The van der Waals surface area contributed by atoms with Crippen LogP contribution < -0.4 is 0 Å². The number of carboxylic acid groups (broad SMARTS) is 1. The van der Waals surface area contributed by atoms with Crippen LogP contribution in [0.1, 0.15) is 21.7 Å². The minimum atomic E-state index is -4.38. The molecule has 0 saturated carbocycles. The minimum absolute atomic E-state index is 0.0267. The highest BCUT2D eigenvalue weighted by Gasteiger charge is 2.30. The summed E-state index contributed by atoms with van der Waals surface area (Å²) in [6.07, 6.45) is 1.19. The standard InChI is InChI=1S/C18H12ClF3O3S/c19-13-7-10(4-6-16(13)26-18(20,21)22)1-2-11-3-5-12-9-15(17(23)24)25-14(12)8-11/h3-9H,1-2H2,(H,23,24).